The normalized spacial score (nSPS) is 13.7. The molecule has 3 heteroatoms. The number of benzene rings is 1. The van der Waals surface area contributed by atoms with Crippen molar-refractivity contribution in [2.24, 2.45) is 0 Å². The number of carbonyl (C=O) groups excluding carboxylic acids is 1. The summed E-state index contributed by atoms with van der Waals surface area (Å²) in [5.74, 6) is -0.167. The Kier molecular flexibility index (Phi) is 8.06. The van der Waals surface area contributed by atoms with Gasteiger partial charge in [0.25, 0.3) is 0 Å². The van der Waals surface area contributed by atoms with E-state index in [0.29, 0.717) is 25.9 Å². The van der Waals surface area contributed by atoms with Crippen LogP contribution in [-0.4, -0.2) is 23.3 Å². The maximum absolute atomic E-state index is 11.4. The molecule has 0 aliphatic carbocycles. The van der Waals surface area contributed by atoms with Crippen LogP contribution in [0.3, 0.4) is 0 Å². The minimum atomic E-state index is -0.670. The number of rotatable bonds is 10. The molecule has 0 aliphatic heterocycles. The Morgan fingerprint density at radius 3 is 2.48 bits per heavy atom. The molecule has 0 fully saturated rings. The molecule has 1 N–H and O–H groups in total. The van der Waals surface area contributed by atoms with Crippen molar-refractivity contribution in [3.05, 3.63) is 35.9 Å². The van der Waals surface area contributed by atoms with Crippen molar-refractivity contribution < 1.29 is 14.6 Å². The van der Waals surface area contributed by atoms with Crippen LogP contribution in [0.25, 0.3) is 0 Å². The summed E-state index contributed by atoms with van der Waals surface area (Å²) in [4.78, 5) is 11.4. The van der Waals surface area contributed by atoms with E-state index in [-0.39, 0.29) is 5.97 Å². The lowest BCUT2D eigenvalue weighted by atomic mass is 9.86. The highest BCUT2D eigenvalue weighted by Gasteiger charge is 2.25. The molecule has 0 bridgehead atoms. The number of hydrogen-bond acceptors (Lipinski definition) is 3. The molecule has 0 amide bonds. The van der Waals surface area contributed by atoms with Gasteiger partial charge in [0.05, 0.1) is 12.2 Å². The van der Waals surface area contributed by atoms with Crippen molar-refractivity contribution in [3.63, 3.8) is 0 Å². The highest BCUT2D eigenvalue weighted by molar-refractivity contribution is 5.69. The minimum absolute atomic E-state index is 0.167. The first-order valence-corrected chi connectivity index (χ1v) is 8.01. The van der Waals surface area contributed by atoms with Crippen molar-refractivity contribution in [1.82, 2.24) is 0 Å². The van der Waals surface area contributed by atoms with E-state index < -0.39 is 5.60 Å². The molecule has 0 saturated heterocycles. The number of aryl methyl sites for hydroxylation is 1. The molecule has 0 radical (unpaired) electrons. The zero-order valence-electron chi connectivity index (χ0n) is 13.3. The fraction of sp³-hybridized carbons (Fsp3) is 0.611. The highest BCUT2D eigenvalue weighted by Crippen LogP contribution is 2.26. The Hall–Kier alpha value is -1.35. The third-order valence-electron chi connectivity index (χ3n) is 3.77. The maximum atomic E-state index is 11.4. The van der Waals surface area contributed by atoms with Crippen LogP contribution >= 0.6 is 0 Å². The smallest absolute Gasteiger partial charge is 0.305 e. The van der Waals surface area contributed by atoms with Gasteiger partial charge in [-0.2, -0.15) is 0 Å². The van der Waals surface area contributed by atoms with Gasteiger partial charge in [-0.3, -0.25) is 4.79 Å². The van der Waals surface area contributed by atoms with Gasteiger partial charge in [-0.25, -0.2) is 0 Å². The predicted molar refractivity (Wildman–Crippen MR) is 85.1 cm³/mol. The molecule has 0 unspecified atom stereocenters. The molecule has 1 aromatic carbocycles. The molecule has 0 aromatic heterocycles. The quantitative estimate of drug-likeness (QED) is 0.666. The van der Waals surface area contributed by atoms with Gasteiger partial charge >= 0.3 is 5.97 Å². The second kappa shape index (κ2) is 9.56. The second-order valence-corrected chi connectivity index (χ2v) is 5.62. The van der Waals surface area contributed by atoms with E-state index in [2.05, 4.69) is 19.1 Å². The Morgan fingerprint density at radius 1 is 1.14 bits per heavy atom. The summed E-state index contributed by atoms with van der Waals surface area (Å²) < 4.78 is 4.93. The van der Waals surface area contributed by atoms with Crippen molar-refractivity contribution in [3.8, 4) is 0 Å². The van der Waals surface area contributed by atoms with Gasteiger partial charge in [-0.1, -0.05) is 43.7 Å². The average molecular weight is 292 g/mol. The van der Waals surface area contributed by atoms with Gasteiger partial charge in [0, 0.05) is 6.42 Å². The molecule has 1 atom stereocenters. The number of ether oxygens (including phenoxy) is 1. The van der Waals surface area contributed by atoms with E-state index in [1.807, 2.05) is 25.1 Å². The molecule has 3 nitrogen and oxygen atoms in total. The molecule has 0 saturated carbocycles. The summed E-state index contributed by atoms with van der Waals surface area (Å²) in [5, 5.41) is 10.8. The van der Waals surface area contributed by atoms with Gasteiger partial charge < -0.3 is 9.84 Å². The lowest BCUT2D eigenvalue weighted by Crippen LogP contribution is -2.29. The van der Waals surface area contributed by atoms with Crippen LogP contribution in [0.5, 0.6) is 0 Å². The second-order valence-electron chi connectivity index (χ2n) is 5.62. The fourth-order valence-electron chi connectivity index (χ4n) is 2.66. The number of carbonyl (C=O) groups is 1. The van der Waals surface area contributed by atoms with E-state index in [1.54, 1.807) is 0 Å². The topological polar surface area (TPSA) is 46.5 Å². The number of hydrogen-bond donors (Lipinski definition) is 1. The molecule has 21 heavy (non-hydrogen) atoms. The van der Waals surface area contributed by atoms with Crippen molar-refractivity contribution in [1.29, 1.82) is 0 Å². The molecule has 1 rings (SSSR count). The van der Waals surface area contributed by atoms with E-state index in [1.165, 1.54) is 5.56 Å². The Labute approximate surface area is 128 Å². The van der Waals surface area contributed by atoms with E-state index in [4.69, 9.17) is 4.74 Å². The van der Waals surface area contributed by atoms with Gasteiger partial charge in [0.15, 0.2) is 0 Å². The molecule has 0 spiro atoms. The first-order chi connectivity index (χ1) is 10.1. The average Bonchev–Trinajstić information content (AvgIpc) is 2.47. The Morgan fingerprint density at radius 2 is 1.86 bits per heavy atom. The van der Waals surface area contributed by atoms with Crippen LogP contribution in [0.1, 0.15) is 57.9 Å². The van der Waals surface area contributed by atoms with E-state index in [0.717, 1.165) is 25.7 Å². The summed E-state index contributed by atoms with van der Waals surface area (Å²) >= 11 is 0. The molecule has 118 valence electrons. The summed E-state index contributed by atoms with van der Waals surface area (Å²) in [5.41, 5.74) is 0.578. The SMILES string of the molecule is CCC[C@@](O)(CCCC(=O)OCC)CCc1ccccc1. The minimum Gasteiger partial charge on any atom is -0.466 e. The molecule has 0 heterocycles. The van der Waals surface area contributed by atoms with Crippen molar-refractivity contribution in [2.75, 3.05) is 6.61 Å². The number of aliphatic hydroxyl groups is 1. The van der Waals surface area contributed by atoms with Gasteiger partial charge in [0.2, 0.25) is 0 Å². The fourth-order valence-corrected chi connectivity index (χ4v) is 2.66. The molecule has 1 aromatic rings. The lowest BCUT2D eigenvalue weighted by molar-refractivity contribution is -0.143. The first-order valence-electron chi connectivity index (χ1n) is 8.01. The summed E-state index contributed by atoms with van der Waals surface area (Å²) in [7, 11) is 0. The van der Waals surface area contributed by atoms with E-state index >= 15 is 0 Å². The van der Waals surface area contributed by atoms with Gasteiger partial charge in [0.1, 0.15) is 0 Å². The van der Waals surface area contributed by atoms with E-state index in [9.17, 15) is 9.90 Å². The zero-order valence-corrected chi connectivity index (χ0v) is 13.3. The lowest BCUT2D eigenvalue weighted by Gasteiger charge is -2.28. The van der Waals surface area contributed by atoms with Crippen LogP contribution in [0.2, 0.25) is 0 Å². The van der Waals surface area contributed by atoms with Crippen molar-refractivity contribution >= 4 is 5.97 Å². The summed E-state index contributed by atoms with van der Waals surface area (Å²) in [6, 6.07) is 10.2. The first kappa shape index (κ1) is 17.7. The Bertz CT molecular complexity index is 402. The standard InChI is InChI=1S/C18H28O3/c1-3-13-18(20,14-8-11-17(19)21-4-2)15-12-16-9-6-5-7-10-16/h5-7,9-10,20H,3-4,8,11-15H2,1-2H3/t18-/m1/s1. The monoisotopic (exact) mass is 292 g/mol. The molecular weight excluding hydrogens is 264 g/mol. The highest BCUT2D eigenvalue weighted by atomic mass is 16.5. The predicted octanol–water partition coefficient (Wildman–Crippen LogP) is 3.88. The third kappa shape index (κ3) is 7.28. The van der Waals surface area contributed by atoms with Crippen LogP contribution in [0, 0.1) is 0 Å². The Balaban J connectivity index is 2.43. The summed E-state index contributed by atoms with van der Waals surface area (Å²) in [6.07, 6.45) is 5.08. The largest absolute Gasteiger partial charge is 0.466 e. The van der Waals surface area contributed by atoms with Crippen LogP contribution < -0.4 is 0 Å². The van der Waals surface area contributed by atoms with Gasteiger partial charge in [-0.15, -0.1) is 0 Å². The van der Waals surface area contributed by atoms with Gasteiger partial charge in [-0.05, 0) is 44.6 Å². The third-order valence-corrected chi connectivity index (χ3v) is 3.77. The summed E-state index contributed by atoms with van der Waals surface area (Å²) in [6.45, 7) is 4.32. The van der Waals surface area contributed by atoms with Crippen LogP contribution in [0.4, 0.5) is 0 Å². The zero-order chi connectivity index (χ0) is 15.6. The molecular formula is C18H28O3. The maximum Gasteiger partial charge on any atom is 0.305 e. The van der Waals surface area contributed by atoms with Crippen molar-refractivity contribution in [2.45, 2.75) is 64.4 Å². The van der Waals surface area contributed by atoms with Crippen LogP contribution in [-0.2, 0) is 16.0 Å². The van der Waals surface area contributed by atoms with Crippen LogP contribution in [0.15, 0.2) is 30.3 Å². The number of esters is 1. The molecule has 0 aliphatic rings.